The number of ether oxygens (including phenoxy) is 1. The summed E-state index contributed by atoms with van der Waals surface area (Å²) in [4.78, 5) is 11.6. The van der Waals surface area contributed by atoms with E-state index in [1.54, 1.807) is 0 Å². The summed E-state index contributed by atoms with van der Waals surface area (Å²) in [6.07, 6.45) is 1.19. The van der Waals surface area contributed by atoms with Crippen molar-refractivity contribution in [2.45, 2.75) is 45.6 Å². The van der Waals surface area contributed by atoms with Crippen molar-refractivity contribution < 1.29 is 9.53 Å². The second kappa shape index (κ2) is 6.55. The van der Waals surface area contributed by atoms with Gasteiger partial charge in [0.2, 0.25) is 0 Å². The van der Waals surface area contributed by atoms with Crippen LogP contribution in [0, 0.1) is 13.8 Å². The van der Waals surface area contributed by atoms with Gasteiger partial charge in [-0.25, -0.2) is 0 Å². The highest BCUT2D eigenvalue weighted by atomic mass is 16.5. The Kier molecular flexibility index (Phi) is 5.35. The molecule has 100 valence electrons. The lowest BCUT2D eigenvalue weighted by Gasteiger charge is -2.25. The number of hydrogen-bond donors (Lipinski definition) is 1. The summed E-state index contributed by atoms with van der Waals surface area (Å²) >= 11 is 0. The van der Waals surface area contributed by atoms with Crippen LogP contribution >= 0.6 is 0 Å². The fraction of sp³-hybridized carbons (Fsp3) is 0.533. The largest absolute Gasteiger partial charge is 0.469 e. The summed E-state index contributed by atoms with van der Waals surface area (Å²) in [6.45, 7) is 6.17. The number of esters is 1. The minimum absolute atomic E-state index is 0.0242. The minimum Gasteiger partial charge on any atom is -0.469 e. The molecule has 0 heterocycles. The Hall–Kier alpha value is -1.35. The van der Waals surface area contributed by atoms with E-state index in [1.807, 2.05) is 13.0 Å². The molecule has 0 aliphatic heterocycles. The summed E-state index contributed by atoms with van der Waals surface area (Å²) in [5.74, 6) is -0.171. The molecule has 18 heavy (non-hydrogen) atoms. The molecule has 3 heteroatoms. The van der Waals surface area contributed by atoms with Gasteiger partial charge in [-0.2, -0.15) is 0 Å². The highest BCUT2D eigenvalue weighted by molar-refractivity contribution is 5.70. The van der Waals surface area contributed by atoms with Crippen molar-refractivity contribution in [2.24, 2.45) is 5.73 Å². The number of carbonyl (C=O) groups is 1. The molecule has 1 rings (SSSR count). The Morgan fingerprint density at radius 3 is 2.33 bits per heavy atom. The Balaban J connectivity index is 3.13. The van der Waals surface area contributed by atoms with Crippen molar-refractivity contribution in [3.8, 4) is 0 Å². The third kappa shape index (κ3) is 3.33. The van der Waals surface area contributed by atoms with Crippen LogP contribution in [0.5, 0.6) is 0 Å². The second-order valence-corrected chi connectivity index (χ2v) is 4.76. The standard InChI is InChI=1S/C15H23NO2/c1-5-13(16)12(9-14(17)18-4)15-10(2)7-6-8-11(15)3/h6-8,12-13H,5,9,16H2,1-4H3. The van der Waals surface area contributed by atoms with E-state index in [2.05, 4.69) is 26.0 Å². The van der Waals surface area contributed by atoms with E-state index in [9.17, 15) is 4.79 Å². The quantitative estimate of drug-likeness (QED) is 0.816. The van der Waals surface area contributed by atoms with E-state index in [-0.39, 0.29) is 17.9 Å². The SMILES string of the molecule is CCC(N)C(CC(=O)OC)c1c(C)cccc1C. The van der Waals surface area contributed by atoms with Gasteiger partial charge >= 0.3 is 5.97 Å². The monoisotopic (exact) mass is 249 g/mol. The zero-order valence-electron chi connectivity index (χ0n) is 11.7. The average molecular weight is 249 g/mol. The van der Waals surface area contributed by atoms with Gasteiger partial charge in [0.05, 0.1) is 13.5 Å². The molecule has 0 fully saturated rings. The molecular formula is C15H23NO2. The molecule has 1 aromatic rings. The average Bonchev–Trinajstić information content (AvgIpc) is 2.36. The maximum Gasteiger partial charge on any atom is 0.306 e. The highest BCUT2D eigenvalue weighted by Gasteiger charge is 2.24. The lowest BCUT2D eigenvalue weighted by molar-refractivity contribution is -0.141. The zero-order valence-corrected chi connectivity index (χ0v) is 11.7. The topological polar surface area (TPSA) is 52.3 Å². The van der Waals surface area contributed by atoms with Crippen LogP contribution in [-0.2, 0) is 9.53 Å². The molecule has 0 spiro atoms. The minimum atomic E-state index is -0.202. The van der Waals surface area contributed by atoms with Crippen LogP contribution < -0.4 is 5.73 Å². The first-order chi connectivity index (χ1) is 8.51. The molecule has 2 N–H and O–H groups in total. The Morgan fingerprint density at radius 1 is 1.33 bits per heavy atom. The molecule has 0 aliphatic carbocycles. The van der Waals surface area contributed by atoms with E-state index in [0.717, 1.165) is 6.42 Å². The summed E-state index contributed by atoms with van der Waals surface area (Å²) in [7, 11) is 1.42. The molecule has 0 radical (unpaired) electrons. The smallest absolute Gasteiger partial charge is 0.306 e. The summed E-state index contributed by atoms with van der Waals surface area (Å²) in [5, 5.41) is 0. The van der Waals surface area contributed by atoms with Crippen LogP contribution in [0.4, 0.5) is 0 Å². The van der Waals surface area contributed by atoms with E-state index in [4.69, 9.17) is 10.5 Å². The molecular weight excluding hydrogens is 226 g/mol. The summed E-state index contributed by atoms with van der Waals surface area (Å²) in [6, 6.07) is 6.13. The van der Waals surface area contributed by atoms with Crippen molar-refractivity contribution >= 4 is 5.97 Å². The van der Waals surface area contributed by atoms with Gasteiger partial charge in [0, 0.05) is 12.0 Å². The van der Waals surface area contributed by atoms with Gasteiger partial charge in [-0.3, -0.25) is 4.79 Å². The Labute approximate surface area is 109 Å². The molecule has 0 saturated carbocycles. The number of methoxy groups -OCH3 is 1. The van der Waals surface area contributed by atoms with Crippen molar-refractivity contribution in [3.05, 3.63) is 34.9 Å². The van der Waals surface area contributed by atoms with Crippen molar-refractivity contribution in [1.82, 2.24) is 0 Å². The first kappa shape index (κ1) is 14.7. The predicted octanol–water partition coefficient (Wildman–Crippen LogP) is 2.69. The van der Waals surface area contributed by atoms with Crippen molar-refractivity contribution in [2.75, 3.05) is 7.11 Å². The van der Waals surface area contributed by atoms with E-state index in [1.165, 1.54) is 23.8 Å². The maximum absolute atomic E-state index is 11.6. The summed E-state index contributed by atoms with van der Waals surface area (Å²) in [5.41, 5.74) is 9.75. The first-order valence-electron chi connectivity index (χ1n) is 6.39. The van der Waals surface area contributed by atoms with Crippen LogP contribution in [0.2, 0.25) is 0 Å². The van der Waals surface area contributed by atoms with Crippen molar-refractivity contribution in [3.63, 3.8) is 0 Å². The fourth-order valence-electron chi connectivity index (χ4n) is 2.43. The Morgan fingerprint density at radius 2 is 1.89 bits per heavy atom. The third-order valence-corrected chi connectivity index (χ3v) is 3.52. The van der Waals surface area contributed by atoms with Crippen LogP contribution in [0.1, 0.15) is 42.4 Å². The second-order valence-electron chi connectivity index (χ2n) is 4.76. The van der Waals surface area contributed by atoms with Gasteiger partial charge < -0.3 is 10.5 Å². The zero-order chi connectivity index (χ0) is 13.7. The van der Waals surface area contributed by atoms with Gasteiger partial charge in [-0.15, -0.1) is 0 Å². The normalized spacial score (nSPS) is 14.1. The fourth-order valence-corrected chi connectivity index (χ4v) is 2.43. The number of rotatable bonds is 5. The van der Waals surface area contributed by atoms with E-state index in [0.29, 0.717) is 6.42 Å². The number of benzene rings is 1. The van der Waals surface area contributed by atoms with Gasteiger partial charge in [-0.1, -0.05) is 25.1 Å². The number of nitrogens with two attached hydrogens (primary N) is 1. The van der Waals surface area contributed by atoms with E-state index < -0.39 is 0 Å². The molecule has 3 nitrogen and oxygen atoms in total. The molecule has 0 bridgehead atoms. The number of carbonyl (C=O) groups excluding carboxylic acids is 1. The van der Waals surface area contributed by atoms with Crippen LogP contribution in [0.25, 0.3) is 0 Å². The van der Waals surface area contributed by atoms with Crippen LogP contribution in [0.3, 0.4) is 0 Å². The molecule has 0 saturated heterocycles. The lowest BCUT2D eigenvalue weighted by Crippen LogP contribution is -2.30. The summed E-state index contributed by atoms with van der Waals surface area (Å²) < 4.78 is 4.78. The number of hydrogen-bond acceptors (Lipinski definition) is 3. The third-order valence-electron chi connectivity index (χ3n) is 3.52. The first-order valence-corrected chi connectivity index (χ1v) is 6.39. The van der Waals surface area contributed by atoms with Gasteiger partial charge in [0.25, 0.3) is 0 Å². The molecule has 0 amide bonds. The van der Waals surface area contributed by atoms with Crippen molar-refractivity contribution in [1.29, 1.82) is 0 Å². The van der Waals surface area contributed by atoms with Crippen LogP contribution in [0.15, 0.2) is 18.2 Å². The van der Waals surface area contributed by atoms with Gasteiger partial charge in [-0.05, 0) is 37.0 Å². The molecule has 0 aromatic heterocycles. The Bertz CT molecular complexity index is 395. The lowest BCUT2D eigenvalue weighted by atomic mass is 9.83. The van der Waals surface area contributed by atoms with Gasteiger partial charge in [0.1, 0.15) is 0 Å². The molecule has 2 atom stereocenters. The maximum atomic E-state index is 11.6. The molecule has 2 unspecified atom stereocenters. The predicted molar refractivity (Wildman–Crippen MR) is 73.6 cm³/mol. The van der Waals surface area contributed by atoms with Crippen LogP contribution in [-0.4, -0.2) is 19.1 Å². The van der Waals surface area contributed by atoms with E-state index >= 15 is 0 Å². The molecule has 0 aliphatic rings. The number of aryl methyl sites for hydroxylation is 2. The molecule has 1 aromatic carbocycles. The van der Waals surface area contributed by atoms with Gasteiger partial charge in [0.15, 0.2) is 0 Å². The highest BCUT2D eigenvalue weighted by Crippen LogP contribution is 2.30.